The molecule has 0 fully saturated rings. The van der Waals surface area contributed by atoms with Crippen LogP contribution < -0.4 is 20.7 Å². The third-order valence-corrected chi connectivity index (χ3v) is 12.0. The first-order valence-corrected chi connectivity index (χ1v) is 13.8. The number of rotatable bonds is 5. The van der Waals surface area contributed by atoms with Gasteiger partial charge in [-0.05, 0) is 43.9 Å². The van der Waals surface area contributed by atoms with Crippen molar-refractivity contribution >= 4 is 51.4 Å². The van der Waals surface area contributed by atoms with Gasteiger partial charge in [-0.15, -0.1) is 0 Å². The number of nitro benzene ring substituents is 1. The first-order valence-electron chi connectivity index (χ1n) is 11.8. The van der Waals surface area contributed by atoms with Gasteiger partial charge in [0.15, 0.2) is 8.07 Å². The summed E-state index contributed by atoms with van der Waals surface area (Å²) in [6, 6.07) is 39.0. The van der Waals surface area contributed by atoms with Gasteiger partial charge in [-0.1, -0.05) is 121 Å². The molecule has 0 bridgehead atoms. The highest BCUT2D eigenvalue weighted by molar-refractivity contribution is 7.20. The summed E-state index contributed by atoms with van der Waals surface area (Å²) in [6.07, 6.45) is 5.21. The van der Waals surface area contributed by atoms with Gasteiger partial charge < -0.3 is 0 Å². The Labute approximate surface area is 205 Å². The minimum Gasteiger partial charge on any atom is -0.258 e. The summed E-state index contributed by atoms with van der Waals surface area (Å²) in [5.74, 6) is 0. The first kappa shape index (κ1) is 21.3. The van der Waals surface area contributed by atoms with Crippen molar-refractivity contribution in [3.8, 4) is 0 Å². The Hall–Kier alpha value is -4.28. The fraction of sp³-hybridized carbons (Fsp3) is 0.0323. The molecule has 0 saturated heterocycles. The van der Waals surface area contributed by atoms with Crippen LogP contribution in [0.3, 0.4) is 0 Å². The molecule has 0 N–H and O–H groups in total. The lowest BCUT2D eigenvalue weighted by Gasteiger charge is -2.36. The molecule has 4 heteroatoms. The molecule has 5 aromatic rings. The van der Waals surface area contributed by atoms with E-state index in [1.165, 1.54) is 27.1 Å². The molecule has 0 atom stereocenters. The maximum atomic E-state index is 12.4. The highest BCUT2D eigenvalue weighted by Gasteiger charge is 2.46. The largest absolute Gasteiger partial charge is 0.269 e. The molecule has 1 aliphatic carbocycles. The van der Waals surface area contributed by atoms with E-state index in [9.17, 15) is 10.1 Å². The van der Waals surface area contributed by atoms with Crippen molar-refractivity contribution < 1.29 is 4.92 Å². The Bertz CT molecular complexity index is 1550. The molecule has 0 aromatic heterocycles. The third-order valence-electron chi connectivity index (χ3n) is 7.13. The Morgan fingerprint density at radius 1 is 0.657 bits per heavy atom. The maximum Gasteiger partial charge on any atom is 0.269 e. The second kappa shape index (κ2) is 8.49. The number of para-hydroxylation sites is 1. The summed E-state index contributed by atoms with van der Waals surface area (Å²) < 4.78 is 0. The van der Waals surface area contributed by atoms with Gasteiger partial charge in [-0.25, -0.2) is 0 Å². The average molecular weight is 470 g/mol. The molecule has 0 radical (unpaired) electrons. The molecule has 0 unspecified atom stereocenters. The van der Waals surface area contributed by atoms with E-state index in [-0.39, 0.29) is 10.6 Å². The monoisotopic (exact) mass is 469 g/mol. The van der Waals surface area contributed by atoms with E-state index in [1.54, 1.807) is 12.1 Å². The van der Waals surface area contributed by atoms with Crippen molar-refractivity contribution in [2.75, 3.05) is 0 Å². The van der Waals surface area contributed by atoms with Crippen LogP contribution in [0.4, 0.5) is 5.69 Å². The zero-order chi connectivity index (χ0) is 23.8. The number of benzene rings is 5. The molecular formula is C31H23NO2Si. The van der Waals surface area contributed by atoms with Crippen LogP contribution in [-0.2, 0) is 6.42 Å². The summed E-state index contributed by atoms with van der Waals surface area (Å²) in [7, 11) is -3.05. The number of hydrogen-bond acceptors (Lipinski definition) is 2. The fourth-order valence-electron chi connectivity index (χ4n) is 5.75. The van der Waals surface area contributed by atoms with Gasteiger partial charge >= 0.3 is 0 Å². The Morgan fingerprint density at radius 3 is 2.00 bits per heavy atom. The molecular weight excluding hydrogens is 446 g/mol. The predicted octanol–water partition coefficient (Wildman–Crippen LogP) is 4.69. The standard InChI is InChI=1S/C31H23NO2Si/c33-32(34)28-19-7-8-20-30(28)35(25-14-3-1-4-15-25,26-16-5-2-6-17-26)29-22-21-24-12-9-11-23-13-10-18-27(29)31(23)24/h1-17,19-22H,18H2. The van der Waals surface area contributed by atoms with Crippen molar-refractivity contribution in [2.24, 2.45) is 0 Å². The molecule has 1 aliphatic rings. The van der Waals surface area contributed by atoms with Gasteiger partial charge in [0.05, 0.1) is 4.92 Å². The Kier molecular flexibility index (Phi) is 5.16. The van der Waals surface area contributed by atoms with Gasteiger partial charge in [0, 0.05) is 11.3 Å². The van der Waals surface area contributed by atoms with Crippen LogP contribution in [0.25, 0.3) is 16.8 Å². The molecule has 0 heterocycles. The highest BCUT2D eigenvalue weighted by atomic mass is 28.3. The molecule has 0 spiro atoms. The van der Waals surface area contributed by atoms with Crippen molar-refractivity contribution in [2.45, 2.75) is 6.42 Å². The van der Waals surface area contributed by atoms with E-state index in [4.69, 9.17) is 0 Å². The summed E-state index contributed by atoms with van der Waals surface area (Å²) in [5, 5.41) is 19.2. The number of nitrogens with zero attached hydrogens (tertiary/aromatic N) is 1. The van der Waals surface area contributed by atoms with E-state index < -0.39 is 8.07 Å². The van der Waals surface area contributed by atoms with Gasteiger partial charge in [0.2, 0.25) is 0 Å². The number of hydrogen-bond donors (Lipinski definition) is 0. The Morgan fingerprint density at radius 2 is 1.31 bits per heavy atom. The fourth-order valence-corrected chi connectivity index (χ4v) is 10.9. The lowest BCUT2D eigenvalue weighted by Crippen LogP contribution is -2.75. The van der Waals surface area contributed by atoms with Gasteiger partial charge in [-0.2, -0.15) is 0 Å². The lowest BCUT2D eigenvalue weighted by molar-refractivity contribution is -0.383. The van der Waals surface area contributed by atoms with Gasteiger partial charge in [0.1, 0.15) is 0 Å². The predicted molar refractivity (Wildman–Crippen MR) is 147 cm³/mol. The van der Waals surface area contributed by atoms with Crippen molar-refractivity contribution in [3.05, 3.63) is 143 Å². The van der Waals surface area contributed by atoms with Gasteiger partial charge in [0.25, 0.3) is 5.69 Å². The molecule has 3 nitrogen and oxygen atoms in total. The molecule has 35 heavy (non-hydrogen) atoms. The zero-order valence-corrected chi connectivity index (χ0v) is 20.1. The Balaban J connectivity index is 1.84. The lowest BCUT2D eigenvalue weighted by atomic mass is 9.93. The van der Waals surface area contributed by atoms with E-state index in [2.05, 4.69) is 66.7 Å². The SMILES string of the molecule is O=[N+]([O-])c1ccccc1[Si](c1ccccc1)(c1ccccc1)c1ccc2cccc3c2c1CC=C3. The van der Waals surface area contributed by atoms with Crippen LogP contribution in [0.15, 0.2) is 121 Å². The number of allylic oxidation sites excluding steroid dienone is 1. The summed E-state index contributed by atoms with van der Waals surface area (Å²) in [5.41, 5.74) is 2.66. The minimum atomic E-state index is -3.05. The molecule has 6 rings (SSSR count). The van der Waals surface area contributed by atoms with E-state index in [0.717, 1.165) is 22.0 Å². The van der Waals surface area contributed by atoms with Crippen LogP contribution in [0.2, 0.25) is 0 Å². The van der Waals surface area contributed by atoms with E-state index >= 15 is 0 Å². The second-order valence-corrected chi connectivity index (χ2v) is 12.6. The second-order valence-electron chi connectivity index (χ2n) is 8.90. The van der Waals surface area contributed by atoms with Crippen LogP contribution in [0.1, 0.15) is 11.1 Å². The average Bonchev–Trinajstić information content (AvgIpc) is 2.92. The summed E-state index contributed by atoms with van der Waals surface area (Å²) in [6.45, 7) is 0. The van der Waals surface area contributed by atoms with Crippen molar-refractivity contribution in [1.29, 1.82) is 0 Å². The van der Waals surface area contributed by atoms with Crippen LogP contribution in [0.5, 0.6) is 0 Å². The molecule has 168 valence electrons. The summed E-state index contributed by atoms with van der Waals surface area (Å²) in [4.78, 5) is 12.2. The zero-order valence-electron chi connectivity index (χ0n) is 19.1. The number of nitro groups is 1. The van der Waals surface area contributed by atoms with Gasteiger partial charge in [-0.3, -0.25) is 10.1 Å². The normalized spacial score (nSPS) is 12.6. The topological polar surface area (TPSA) is 43.1 Å². The minimum absolute atomic E-state index is 0.179. The van der Waals surface area contributed by atoms with E-state index in [0.29, 0.717) is 0 Å². The van der Waals surface area contributed by atoms with Crippen LogP contribution >= 0.6 is 0 Å². The van der Waals surface area contributed by atoms with Crippen LogP contribution in [-0.4, -0.2) is 13.0 Å². The summed E-state index contributed by atoms with van der Waals surface area (Å²) >= 11 is 0. The van der Waals surface area contributed by atoms with Crippen molar-refractivity contribution in [1.82, 2.24) is 0 Å². The third kappa shape index (κ3) is 3.26. The molecule has 0 saturated carbocycles. The smallest absolute Gasteiger partial charge is 0.258 e. The van der Waals surface area contributed by atoms with E-state index in [1.807, 2.05) is 48.5 Å². The molecule has 0 aliphatic heterocycles. The molecule has 0 amide bonds. The molecule has 5 aromatic carbocycles. The highest BCUT2D eigenvalue weighted by Crippen LogP contribution is 2.29. The van der Waals surface area contributed by atoms with Crippen molar-refractivity contribution in [3.63, 3.8) is 0 Å². The van der Waals surface area contributed by atoms with Crippen LogP contribution in [0, 0.1) is 10.1 Å². The first-order chi connectivity index (χ1) is 17.2. The quantitative estimate of drug-likeness (QED) is 0.162. The maximum absolute atomic E-state index is 12.4.